The summed E-state index contributed by atoms with van der Waals surface area (Å²) >= 11 is 1.34. The van der Waals surface area contributed by atoms with Crippen molar-refractivity contribution in [2.45, 2.75) is 31.2 Å². The Labute approximate surface area is 194 Å². The quantitative estimate of drug-likeness (QED) is 0.276. The van der Waals surface area contributed by atoms with E-state index in [1.807, 2.05) is 91.9 Å². The van der Waals surface area contributed by atoms with E-state index < -0.39 is 0 Å². The fraction of sp³-hybridized carbons (Fsp3) is 0.154. The lowest BCUT2D eigenvalue weighted by molar-refractivity contribution is 0.0994. The van der Waals surface area contributed by atoms with E-state index in [2.05, 4.69) is 10.2 Å². The summed E-state index contributed by atoms with van der Waals surface area (Å²) in [5.41, 5.74) is 4.04. The summed E-state index contributed by atoms with van der Waals surface area (Å²) in [4.78, 5) is 26.5. The molecule has 1 atom stereocenters. The van der Waals surface area contributed by atoms with Gasteiger partial charge in [-0.15, -0.1) is 10.2 Å². The molecule has 2 heterocycles. The normalized spacial score (nSPS) is 12.3. The van der Waals surface area contributed by atoms with Gasteiger partial charge in [0.2, 0.25) is 5.78 Å². The van der Waals surface area contributed by atoms with Crippen molar-refractivity contribution in [1.29, 1.82) is 0 Å². The SMILES string of the molecule is Cc1ccc(C(=O)C(C)Sc2nnc3n(-c4ccccc4C)c(=O)c4ccccc4n23)cc1. The Morgan fingerprint density at radius 3 is 2.36 bits per heavy atom. The number of hydrogen-bond acceptors (Lipinski definition) is 5. The van der Waals surface area contributed by atoms with Gasteiger partial charge >= 0.3 is 0 Å². The van der Waals surface area contributed by atoms with Crippen molar-refractivity contribution in [3.8, 4) is 5.69 Å². The molecule has 0 aliphatic heterocycles. The largest absolute Gasteiger partial charge is 0.293 e. The topological polar surface area (TPSA) is 69.3 Å². The summed E-state index contributed by atoms with van der Waals surface area (Å²) in [6.07, 6.45) is 0. The number of aromatic nitrogens is 4. The van der Waals surface area contributed by atoms with Crippen LogP contribution in [0.5, 0.6) is 0 Å². The molecule has 0 aliphatic rings. The van der Waals surface area contributed by atoms with Gasteiger partial charge in [0.1, 0.15) is 0 Å². The van der Waals surface area contributed by atoms with Crippen LogP contribution in [0.3, 0.4) is 0 Å². The Morgan fingerprint density at radius 2 is 1.61 bits per heavy atom. The van der Waals surface area contributed by atoms with Crippen molar-refractivity contribution < 1.29 is 4.79 Å². The number of fused-ring (bicyclic) bond motifs is 3. The van der Waals surface area contributed by atoms with E-state index in [0.717, 1.165) is 16.8 Å². The van der Waals surface area contributed by atoms with Gasteiger partial charge in [-0.25, -0.2) is 4.57 Å². The molecule has 0 aliphatic carbocycles. The van der Waals surface area contributed by atoms with Crippen LogP contribution in [-0.4, -0.2) is 30.2 Å². The van der Waals surface area contributed by atoms with Gasteiger partial charge in [0.25, 0.3) is 5.56 Å². The molecule has 0 amide bonds. The lowest BCUT2D eigenvalue weighted by Crippen LogP contribution is -2.22. The van der Waals surface area contributed by atoms with Crippen molar-refractivity contribution in [3.63, 3.8) is 0 Å². The molecule has 5 aromatic rings. The Hall–Kier alpha value is -3.71. The van der Waals surface area contributed by atoms with Crippen LogP contribution in [0.4, 0.5) is 0 Å². The molecule has 0 saturated carbocycles. The zero-order chi connectivity index (χ0) is 23.1. The maximum Gasteiger partial charge on any atom is 0.267 e. The number of carbonyl (C=O) groups is 1. The molecule has 7 heteroatoms. The minimum absolute atomic E-state index is 0.0216. The van der Waals surface area contributed by atoms with Crippen LogP contribution < -0.4 is 5.56 Å². The molecule has 2 aromatic heterocycles. The van der Waals surface area contributed by atoms with Gasteiger partial charge < -0.3 is 0 Å². The molecule has 0 fully saturated rings. The van der Waals surface area contributed by atoms with E-state index in [-0.39, 0.29) is 16.6 Å². The van der Waals surface area contributed by atoms with Crippen LogP contribution in [0.25, 0.3) is 22.4 Å². The summed E-state index contributed by atoms with van der Waals surface area (Å²) in [5.74, 6) is 0.443. The molecule has 6 nitrogen and oxygen atoms in total. The Bertz CT molecular complexity index is 1570. The molecular formula is C26H22N4O2S. The molecular weight excluding hydrogens is 432 g/mol. The van der Waals surface area contributed by atoms with Gasteiger partial charge in [0.05, 0.1) is 21.8 Å². The number of benzene rings is 3. The smallest absolute Gasteiger partial charge is 0.267 e. The summed E-state index contributed by atoms with van der Waals surface area (Å²) < 4.78 is 3.47. The maximum atomic E-state index is 13.5. The minimum Gasteiger partial charge on any atom is -0.293 e. The highest BCUT2D eigenvalue weighted by molar-refractivity contribution is 8.00. The molecule has 0 N–H and O–H groups in total. The fourth-order valence-electron chi connectivity index (χ4n) is 3.95. The third kappa shape index (κ3) is 3.64. The maximum absolute atomic E-state index is 13.5. The lowest BCUT2D eigenvalue weighted by Gasteiger charge is -2.14. The van der Waals surface area contributed by atoms with Crippen LogP contribution in [0.15, 0.2) is 82.7 Å². The molecule has 0 radical (unpaired) electrons. The summed E-state index contributed by atoms with van der Waals surface area (Å²) in [5, 5.41) is 9.54. The van der Waals surface area contributed by atoms with Crippen LogP contribution in [0, 0.1) is 13.8 Å². The van der Waals surface area contributed by atoms with Crippen LogP contribution in [-0.2, 0) is 0 Å². The van der Waals surface area contributed by atoms with Crippen molar-refractivity contribution in [3.05, 3.63) is 99.8 Å². The van der Waals surface area contributed by atoms with Gasteiger partial charge in [-0.1, -0.05) is 71.9 Å². The Morgan fingerprint density at radius 1 is 0.909 bits per heavy atom. The number of Topliss-reactive ketones (excluding diaryl/α,β-unsaturated/α-hetero) is 1. The summed E-state index contributed by atoms with van der Waals surface area (Å²) in [7, 11) is 0. The van der Waals surface area contributed by atoms with Crippen molar-refractivity contribution >= 4 is 34.2 Å². The lowest BCUT2D eigenvalue weighted by atomic mass is 10.1. The second-order valence-corrected chi connectivity index (χ2v) is 9.36. The van der Waals surface area contributed by atoms with Gasteiger partial charge in [-0.2, -0.15) is 0 Å². The first-order chi connectivity index (χ1) is 16.0. The van der Waals surface area contributed by atoms with Gasteiger partial charge in [0, 0.05) is 5.56 Å². The van der Waals surface area contributed by atoms with Gasteiger partial charge in [0.15, 0.2) is 10.9 Å². The number of hydrogen-bond donors (Lipinski definition) is 0. The first-order valence-electron chi connectivity index (χ1n) is 10.7. The highest BCUT2D eigenvalue weighted by Gasteiger charge is 2.23. The number of rotatable bonds is 5. The molecule has 0 spiro atoms. The number of aryl methyl sites for hydroxylation is 2. The fourth-order valence-corrected chi connectivity index (χ4v) is 4.88. The number of nitrogens with zero attached hydrogens (tertiary/aromatic N) is 4. The highest BCUT2D eigenvalue weighted by Crippen LogP contribution is 2.28. The van der Waals surface area contributed by atoms with Crippen molar-refractivity contribution in [1.82, 2.24) is 19.2 Å². The molecule has 0 saturated heterocycles. The first-order valence-corrected chi connectivity index (χ1v) is 11.6. The first kappa shape index (κ1) is 21.2. The van der Waals surface area contributed by atoms with Gasteiger partial charge in [-0.3, -0.25) is 14.0 Å². The average Bonchev–Trinajstić information content (AvgIpc) is 3.23. The Balaban J connectivity index is 1.67. The minimum atomic E-state index is -0.377. The third-order valence-corrected chi connectivity index (χ3v) is 6.78. The second-order valence-electron chi connectivity index (χ2n) is 8.05. The van der Waals surface area contributed by atoms with E-state index in [1.165, 1.54) is 11.8 Å². The number of para-hydroxylation sites is 2. The van der Waals surface area contributed by atoms with E-state index in [0.29, 0.717) is 27.4 Å². The van der Waals surface area contributed by atoms with Crippen LogP contribution in [0.2, 0.25) is 0 Å². The second kappa shape index (κ2) is 8.33. The number of ketones is 1. The standard InChI is InChI=1S/C26H22N4O2S/c1-16-12-14-19(15-13-16)23(31)18(3)33-26-28-27-25-29(21-10-6-4-8-17(21)2)24(32)20-9-5-7-11-22(20)30(25)26/h4-15,18H,1-3H3. The molecule has 164 valence electrons. The monoisotopic (exact) mass is 454 g/mol. The number of thioether (sulfide) groups is 1. The molecule has 5 rings (SSSR count). The molecule has 0 bridgehead atoms. The van der Waals surface area contributed by atoms with Crippen molar-refractivity contribution in [2.24, 2.45) is 0 Å². The molecule has 1 unspecified atom stereocenters. The van der Waals surface area contributed by atoms with Crippen molar-refractivity contribution in [2.75, 3.05) is 0 Å². The van der Waals surface area contributed by atoms with E-state index >= 15 is 0 Å². The zero-order valence-electron chi connectivity index (χ0n) is 18.5. The third-order valence-electron chi connectivity index (χ3n) is 5.74. The predicted molar refractivity (Wildman–Crippen MR) is 132 cm³/mol. The van der Waals surface area contributed by atoms with E-state index in [4.69, 9.17) is 0 Å². The molecule has 33 heavy (non-hydrogen) atoms. The summed E-state index contributed by atoms with van der Waals surface area (Å²) in [6, 6.07) is 22.7. The molecule has 3 aromatic carbocycles. The van der Waals surface area contributed by atoms with E-state index in [1.54, 1.807) is 10.6 Å². The van der Waals surface area contributed by atoms with Gasteiger partial charge in [-0.05, 0) is 44.5 Å². The highest BCUT2D eigenvalue weighted by atomic mass is 32.2. The predicted octanol–water partition coefficient (Wildman–Crippen LogP) is 5.01. The zero-order valence-corrected chi connectivity index (χ0v) is 19.3. The number of carbonyl (C=O) groups excluding carboxylic acids is 1. The Kier molecular flexibility index (Phi) is 5.34. The van der Waals surface area contributed by atoms with Crippen LogP contribution in [0.1, 0.15) is 28.4 Å². The average molecular weight is 455 g/mol. The van der Waals surface area contributed by atoms with Crippen LogP contribution >= 0.6 is 11.8 Å². The van der Waals surface area contributed by atoms with E-state index in [9.17, 15) is 9.59 Å². The summed E-state index contributed by atoms with van der Waals surface area (Å²) in [6.45, 7) is 5.82.